The van der Waals surface area contributed by atoms with E-state index in [4.69, 9.17) is 0 Å². The Bertz CT molecular complexity index is 692. The number of rotatable bonds is 4. The van der Waals surface area contributed by atoms with Crippen molar-refractivity contribution in [3.05, 3.63) is 77.4 Å². The highest BCUT2D eigenvalue weighted by Gasteiger charge is 2.14. The number of benzene rings is 2. The molecule has 0 aromatic heterocycles. The molecule has 3 nitrogen and oxygen atoms in total. The maximum absolute atomic E-state index is 12.2. The van der Waals surface area contributed by atoms with Gasteiger partial charge in [-0.2, -0.15) is 0 Å². The molecule has 0 heterocycles. The first-order chi connectivity index (χ1) is 10.8. The van der Waals surface area contributed by atoms with Crippen molar-refractivity contribution in [1.82, 2.24) is 10.9 Å². The largest absolute Gasteiger partial charge is 0.298 e. The molecule has 23 heavy (non-hydrogen) atoms. The molecule has 0 radical (unpaired) electrons. The highest BCUT2D eigenvalue weighted by molar-refractivity contribution is 5.94. The maximum Gasteiger partial charge on any atom is 0.269 e. The van der Waals surface area contributed by atoms with Gasteiger partial charge in [-0.3, -0.25) is 15.6 Å². The average molecular weight is 308 g/mol. The van der Waals surface area contributed by atoms with Crippen LogP contribution < -0.4 is 10.9 Å². The summed E-state index contributed by atoms with van der Waals surface area (Å²) < 4.78 is 0. The quantitative estimate of drug-likeness (QED) is 0.831. The van der Waals surface area contributed by atoms with Crippen LogP contribution in [0.3, 0.4) is 0 Å². The van der Waals surface area contributed by atoms with Crippen LogP contribution in [0.1, 0.15) is 47.8 Å². The summed E-state index contributed by atoms with van der Waals surface area (Å²) in [5, 5.41) is 0. The molecule has 0 bridgehead atoms. The fourth-order valence-electron chi connectivity index (χ4n) is 2.15. The average Bonchev–Trinajstić information content (AvgIpc) is 2.52. The van der Waals surface area contributed by atoms with Crippen LogP contribution in [0.5, 0.6) is 0 Å². The van der Waals surface area contributed by atoms with E-state index in [2.05, 4.69) is 38.2 Å². The lowest BCUT2D eigenvalue weighted by Gasteiger charge is -2.19. The number of hydrazine groups is 1. The highest BCUT2D eigenvalue weighted by Crippen LogP contribution is 2.22. The van der Waals surface area contributed by atoms with Crippen molar-refractivity contribution in [2.24, 2.45) is 0 Å². The van der Waals surface area contributed by atoms with Crippen molar-refractivity contribution < 1.29 is 4.79 Å². The van der Waals surface area contributed by atoms with Gasteiger partial charge in [-0.15, -0.1) is 0 Å². The minimum absolute atomic E-state index is 0.0764. The van der Waals surface area contributed by atoms with Gasteiger partial charge in [0.1, 0.15) is 0 Å². The molecule has 2 N–H and O–H groups in total. The predicted molar refractivity (Wildman–Crippen MR) is 96.0 cm³/mol. The lowest BCUT2D eigenvalue weighted by atomic mass is 9.87. The Morgan fingerprint density at radius 1 is 0.870 bits per heavy atom. The van der Waals surface area contributed by atoms with E-state index >= 15 is 0 Å². The van der Waals surface area contributed by atoms with Crippen LogP contribution in [0.15, 0.2) is 55.1 Å². The van der Waals surface area contributed by atoms with E-state index in [9.17, 15) is 4.79 Å². The molecule has 3 heteroatoms. The monoisotopic (exact) mass is 308 g/mol. The molecule has 0 atom stereocenters. The Morgan fingerprint density at radius 2 is 1.39 bits per heavy atom. The number of hydrogen-bond acceptors (Lipinski definition) is 2. The van der Waals surface area contributed by atoms with Gasteiger partial charge >= 0.3 is 0 Å². The van der Waals surface area contributed by atoms with Crippen molar-refractivity contribution in [3.8, 4) is 0 Å². The Hall–Kier alpha value is -2.55. The second-order valence-electron chi connectivity index (χ2n) is 6.75. The van der Waals surface area contributed by atoms with Gasteiger partial charge in [0, 0.05) is 5.56 Å². The van der Waals surface area contributed by atoms with Crippen molar-refractivity contribution in [1.29, 1.82) is 0 Å². The number of carbonyl (C=O) groups is 1. The predicted octanol–water partition coefficient (Wildman–Crippen LogP) is 4.20. The first kappa shape index (κ1) is 16.8. The SMILES string of the molecule is C=C(NNC(=O)c1ccc(C(C)(C)C)cc1)c1ccc(C)cc1. The number of aryl methyl sites for hydroxylation is 1. The molecule has 0 unspecified atom stereocenters. The van der Waals surface area contributed by atoms with Crippen molar-refractivity contribution in [2.45, 2.75) is 33.1 Å². The number of nitrogens with one attached hydrogen (secondary N) is 2. The molecule has 0 aliphatic heterocycles. The van der Waals surface area contributed by atoms with Crippen LogP contribution in [0.25, 0.3) is 5.70 Å². The van der Waals surface area contributed by atoms with Gasteiger partial charge in [0.25, 0.3) is 5.91 Å². The van der Waals surface area contributed by atoms with E-state index in [1.54, 1.807) is 0 Å². The molecule has 2 rings (SSSR count). The highest BCUT2D eigenvalue weighted by atomic mass is 16.2. The summed E-state index contributed by atoms with van der Waals surface area (Å²) in [5.74, 6) is -0.182. The summed E-state index contributed by atoms with van der Waals surface area (Å²) in [4.78, 5) is 12.2. The number of hydrogen-bond donors (Lipinski definition) is 2. The van der Waals surface area contributed by atoms with Crippen LogP contribution in [0.4, 0.5) is 0 Å². The van der Waals surface area contributed by atoms with E-state index in [0.717, 1.165) is 5.56 Å². The molecule has 0 aliphatic carbocycles. The van der Waals surface area contributed by atoms with E-state index < -0.39 is 0 Å². The van der Waals surface area contributed by atoms with Crippen LogP contribution >= 0.6 is 0 Å². The summed E-state index contributed by atoms with van der Waals surface area (Å²) in [5.41, 5.74) is 10.2. The Morgan fingerprint density at radius 3 is 1.91 bits per heavy atom. The van der Waals surface area contributed by atoms with Crippen LogP contribution in [0.2, 0.25) is 0 Å². The fourth-order valence-corrected chi connectivity index (χ4v) is 2.15. The van der Waals surface area contributed by atoms with E-state index in [1.165, 1.54) is 11.1 Å². The molecule has 0 saturated heterocycles. The van der Waals surface area contributed by atoms with E-state index in [0.29, 0.717) is 11.3 Å². The van der Waals surface area contributed by atoms with Gasteiger partial charge in [-0.1, -0.05) is 69.3 Å². The first-order valence-corrected chi connectivity index (χ1v) is 7.70. The number of amides is 1. The van der Waals surface area contributed by atoms with Crippen molar-refractivity contribution in [3.63, 3.8) is 0 Å². The molecule has 0 aliphatic rings. The second-order valence-corrected chi connectivity index (χ2v) is 6.75. The third-order valence-electron chi connectivity index (χ3n) is 3.74. The van der Waals surface area contributed by atoms with Crippen molar-refractivity contribution in [2.75, 3.05) is 0 Å². The standard InChI is InChI=1S/C20H24N2O/c1-14-6-8-16(9-7-14)15(2)21-22-19(23)17-10-12-18(13-11-17)20(3,4)5/h6-13,21H,2H2,1,3-5H3,(H,22,23). The summed E-state index contributed by atoms with van der Waals surface area (Å²) in [7, 11) is 0. The summed E-state index contributed by atoms with van der Waals surface area (Å²) in [6.07, 6.45) is 0. The number of carbonyl (C=O) groups excluding carboxylic acids is 1. The first-order valence-electron chi connectivity index (χ1n) is 7.70. The molecule has 120 valence electrons. The third kappa shape index (κ3) is 4.46. The zero-order chi connectivity index (χ0) is 17.0. The van der Waals surface area contributed by atoms with E-state index in [-0.39, 0.29) is 11.3 Å². The molecule has 0 fully saturated rings. The lowest BCUT2D eigenvalue weighted by molar-refractivity contribution is 0.0942. The molecule has 0 saturated carbocycles. The molecule has 1 amide bonds. The maximum atomic E-state index is 12.2. The minimum atomic E-state index is -0.182. The van der Waals surface area contributed by atoms with E-state index in [1.807, 2.05) is 55.5 Å². The lowest BCUT2D eigenvalue weighted by Crippen LogP contribution is -2.35. The van der Waals surface area contributed by atoms with Gasteiger partial charge in [0.15, 0.2) is 0 Å². The smallest absolute Gasteiger partial charge is 0.269 e. The van der Waals surface area contributed by atoms with Crippen LogP contribution in [-0.2, 0) is 5.41 Å². The second kappa shape index (κ2) is 6.69. The van der Waals surface area contributed by atoms with Crippen molar-refractivity contribution >= 4 is 11.6 Å². The van der Waals surface area contributed by atoms with Gasteiger partial charge in [-0.25, -0.2) is 0 Å². The minimum Gasteiger partial charge on any atom is -0.298 e. The summed E-state index contributed by atoms with van der Waals surface area (Å²) in [6, 6.07) is 15.6. The van der Waals surface area contributed by atoms with Gasteiger partial charge in [0.05, 0.1) is 5.70 Å². The molecule has 2 aromatic carbocycles. The molecule has 0 spiro atoms. The summed E-state index contributed by atoms with van der Waals surface area (Å²) in [6.45, 7) is 12.4. The van der Waals surface area contributed by atoms with Crippen LogP contribution in [0, 0.1) is 6.92 Å². The molecule has 2 aromatic rings. The molecular weight excluding hydrogens is 284 g/mol. The fraction of sp³-hybridized carbons (Fsp3) is 0.250. The summed E-state index contributed by atoms with van der Waals surface area (Å²) >= 11 is 0. The zero-order valence-electron chi connectivity index (χ0n) is 14.2. The normalized spacial score (nSPS) is 11.0. The Labute approximate surface area is 138 Å². The van der Waals surface area contributed by atoms with Crippen LogP contribution in [-0.4, -0.2) is 5.91 Å². The van der Waals surface area contributed by atoms with Gasteiger partial charge in [-0.05, 0) is 35.6 Å². The van der Waals surface area contributed by atoms with Gasteiger partial charge < -0.3 is 0 Å². The zero-order valence-corrected chi connectivity index (χ0v) is 14.2. The topological polar surface area (TPSA) is 41.1 Å². The molecular formula is C20H24N2O. The third-order valence-corrected chi connectivity index (χ3v) is 3.74. The van der Waals surface area contributed by atoms with Gasteiger partial charge in [0.2, 0.25) is 0 Å². The Balaban J connectivity index is 1.97. The Kier molecular flexibility index (Phi) is 4.89.